The summed E-state index contributed by atoms with van der Waals surface area (Å²) in [4.78, 5) is 39.0. The monoisotopic (exact) mass is 442 g/mol. The first-order chi connectivity index (χ1) is 14.0. The van der Waals surface area contributed by atoms with Gasteiger partial charge in [-0.3, -0.25) is 10.2 Å². The van der Waals surface area contributed by atoms with E-state index in [0.29, 0.717) is 11.4 Å². The average Bonchev–Trinajstić information content (AvgIpc) is 2.65. The highest BCUT2D eigenvalue weighted by Crippen LogP contribution is 2.39. The Kier molecular flexibility index (Phi) is 7.41. The number of amides is 2. The fourth-order valence-corrected chi connectivity index (χ4v) is 2.86. The van der Waals surface area contributed by atoms with Gasteiger partial charge in [0.15, 0.2) is 0 Å². The molecule has 2 amide bonds. The predicted octanol–water partition coefficient (Wildman–Crippen LogP) is 3.87. The van der Waals surface area contributed by atoms with Crippen LogP contribution in [0.4, 0.5) is 15.3 Å². The van der Waals surface area contributed by atoms with Gasteiger partial charge in [0.25, 0.3) is 0 Å². The number of benzene rings is 1. The van der Waals surface area contributed by atoms with Gasteiger partial charge in [0.1, 0.15) is 17.9 Å². The molecule has 0 fully saturated rings. The van der Waals surface area contributed by atoms with Crippen molar-refractivity contribution < 1.29 is 33.3 Å². The molecule has 1 aliphatic rings. The average molecular weight is 443 g/mol. The van der Waals surface area contributed by atoms with Gasteiger partial charge < -0.3 is 18.9 Å². The van der Waals surface area contributed by atoms with Crippen molar-refractivity contribution in [1.82, 2.24) is 5.32 Å². The third-order valence-electron chi connectivity index (χ3n) is 4.04. The quantitative estimate of drug-likeness (QED) is 0.419. The number of unbranched alkanes of at least 4 members (excludes halogenated alkanes) is 1. The van der Waals surface area contributed by atoms with E-state index in [1.807, 2.05) is 6.92 Å². The van der Waals surface area contributed by atoms with E-state index in [1.165, 1.54) is 23.1 Å². The number of alkyl carbamates (subject to hydrolysis) is 1. The highest BCUT2D eigenvalue weighted by Gasteiger charge is 2.51. The molecule has 9 nitrogen and oxygen atoms in total. The number of rotatable bonds is 5. The van der Waals surface area contributed by atoms with Crippen LogP contribution >= 0.6 is 11.6 Å². The van der Waals surface area contributed by atoms with Crippen molar-refractivity contribution in [3.05, 3.63) is 23.2 Å². The van der Waals surface area contributed by atoms with E-state index in [1.54, 1.807) is 20.8 Å². The number of hydrogen-bond acceptors (Lipinski definition) is 7. The Balaban J connectivity index is 2.43. The number of ether oxygens (including phenoxy) is 4. The largest absolute Gasteiger partial charge is 0.465 e. The van der Waals surface area contributed by atoms with Gasteiger partial charge in [0.05, 0.1) is 19.4 Å². The van der Waals surface area contributed by atoms with Crippen molar-refractivity contribution in [2.75, 3.05) is 25.2 Å². The molecule has 10 heteroatoms. The number of hydrogen-bond donors (Lipinski definition) is 1. The minimum atomic E-state index is -2.03. The lowest BCUT2D eigenvalue weighted by Gasteiger charge is -2.41. The summed E-state index contributed by atoms with van der Waals surface area (Å²) >= 11 is 6.08. The van der Waals surface area contributed by atoms with Gasteiger partial charge in [-0.05, 0) is 45.4 Å². The number of methoxy groups -OCH3 is 1. The minimum Gasteiger partial charge on any atom is -0.465 e. The first-order valence-corrected chi connectivity index (χ1v) is 9.91. The zero-order chi connectivity index (χ0) is 22.5. The van der Waals surface area contributed by atoms with Crippen LogP contribution in [-0.2, 0) is 19.0 Å². The fraction of sp³-hybridized carbons (Fsp3) is 0.550. The van der Waals surface area contributed by atoms with Crippen LogP contribution in [0.15, 0.2) is 18.2 Å². The van der Waals surface area contributed by atoms with Crippen molar-refractivity contribution in [1.29, 1.82) is 0 Å². The van der Waals surface area contributed by atoms with Crippen LogP contribution in [0.3, 0.4) is 0 Å². The standard InChI is InChI=1S/C20H27ClN2O7/c1-6-7-10-28-17(25)22-20(16(24)27-5)12-23(18(26)30-19(2,3)4)14-11-13(21)8-9-15(14)29-20/h8-9,11H,6-7,10,12H2,1-5H3,(H,22,25). The number of fused-ring (bicyclic) bond motifs is 1. The molecule has 1 atom stereocenters. The summed E-state index contributed by atoms with van der Waals surface area (Å²) in [5.41, 5.74) is -2.54. The molecule has 0 aliphatic carbocycles. The lowest BCUT2D eigenvalue weighted by molar-refractivity contribution is -0.161. The van der Waals surface area contributed by atoms with Gasteiger partial charge in [0.2, 0.25) is 0 Å². The number of carbonyl (C=O) groups is 3. The summed E-state index contributed by atoms with van der Waals surface area (Å²) in [5, 5.41) is 2.76. The van der Waals surface area contributed by atoms with Gasteiger partial charge >= 0.3 is 23.9 Å². The Morgan fingerprint density at radius 3 is 2.60 bits per heavy atom. The zero-order valence-electron chi connectivity index (χ0n) is 17.7. The highest BCUT2D eigenvalue weighted by atomic mass is 35.5. The van der Waals surface area contributed by atoms with E-state index in [2.05, 4.69) is 5.32 Å². The Labute approximate surface area is 180 Å². The molecule has 2 rings (SSSR count). The molecule has 0 saturated carbocycles. The van der Waals surface area contributed by atoms with Crippen LogP contribution in [0.2, 0.25) is 5.02 Å². The molecule has 1 N–H and O–H groups in total. The summed E-state index contributed by atoms with van der Waals surface area (Å²) in [6, 6.07) is 4.51. The maximum absolute atomic E-state index is 12.9. The van der Waals surface area contributed by atoms with Crippen LogP contribution in [0.25, 0.3) is 0 Å². The number of anilines is 1. The minimum absolute atomic E-state index is 0.135. The number of carbonyl (C=O) groups excluding carboxylic acids is 3. The molecule has 30 heavy (non-hydrogen) atoms. The van der Waals surface area contributed by atoms with Gasteiger partial charge in [-0.25, -0.2) is 14.4 Å². The lowest BCUT2D eigenvalue weighted by atomic mass is 10.1. The first kappa shape index (κ1) is 23.6. The maximum Gasteiger partial charge on any atom is 0.415 e. The normalized spacial score (nSPS) is 18.0. The Hall–Kier alpha value is -2.68. The van der Waals surface area contributed by atoms with Crippen LogP contribution in [0.5, 0.6) is 5.75 Å². The summed E-state index contributed by atoms with van der Waals surface area (Å²) in [5.74, 6) is -0.778. The Bertz CT molecular complexity index is 809. The van der Waals surface area contributed by atoms with Crippen molar-refractivity contribution in [3.63, 3.8) is 0 Å². The van der Waals surface area contributed by atoms with E-state index in [4.69, 9.17) is 30.5 Å². The van der Waals surface area contributed by atoms with Crippen molar-refractivity contribution in [2.45, 2.75) is 51.9 Å². The predicted molar refractivity (Wildman–Crippen MR) is 110 cm³/mol. The fourth-order valence-electron chi connectivity index (χ4n) is 2.69. The van der Waals surface area contributed by atoms with E-state index in [0.717, 1.165) is 13.5 Å². The Morgan fingerprint density at radius 2 is 2.00 bits per heavy atom. The molecule has 0 bridgehead atoms. The second-order valence-electron chi connectivity index (χ2n) is 7.71. The van der Waals surface area contributed by atoms with Crippen molar-refractivity contribution in [3.8, 4) is 5.75 Å². The summed E-state index contributed by atoms with van der Waals surface area (Å²) < 4.78 is 21.2. The molecule has 1 aliphatic heterocycles. The van der Waals surface area contributed by atoms with Gasteiger partial charge in [-0.2, -0.15) is 0 Å². The third kappa shape index (κ3) is 5.69. The van der Waals surface area contributed by atoms with E-state index < -0.39 is 36.0 Å². The first-order valence-electron chi connectivity index (χ1n) is 9.54. The molecule has 0 saturated heterocycles. The van der Waals surface area contributed by atoms with Crippen LogP contribution in [-0.4, -0.2) is 49.7 Å². The van der Waals surface area contributed by atoms with Gasteiger partial charge in [-0.15, -0.1) is 0 Å². The van der Waals surface area contributed by atoms with Crippen LogP contribution in [0, 0.1) is 0 Å². The summed E-state index contributed by atoms with van der Waals surface area (Å²) in [6.45, 7) is 6.83. The molecule has 0 aromatic heterocycles. The molecule has 0 spiro atoms. The van der Waals surface area contributed by atoms with Crippen LogP contribution < -0.4 is 15.0 Å². The third-order valence-corrected chi connectivity index (χ3v) is 4.28. The lowest BCUT2D eigenvalue weighted by Crippen LogP contribution is -2.67. The number of nitrogens with zero attached hydrogens (tertiary/aromatic N) is 1. The van der Waals surface area contributed by atoms with Crippen molar-refractivity contribution in [2.24, 2.45) is 0 Å². The molecule has 0 radical (unpaired) electrons. The number of halogens is 1. The van der Waals surface area contributed by atoms with E-state index in [9.17, 15) is 14.4 Å². The van der Waals surface area contributed by atoms with Gasteiger partial charge in [-0.1, -0.05) is 24.9 Å². The number of esters is 1. The topological polar surface area (TPSA) is 103 Å². The summed E-state index contributed by atoms with van der Waals surface area (Å²) in [7, 11) is 1.15. The molecular formula is C20H27ClN2O7. The zero-order valence-corrected chi connectivity index (χ0v) is 18.5. The van der Waals surface area contributed by atoms with Gasteiger partial charge in [0, 0.05) is 5.02 Å². The molecule has 1 aromatic carbocycles. The molecule has 166 valence electrons. The Morgan fingerprint density at radius 1 is 1.30 bits per heavy atom. The maximum atomic E-state index is 12.9. The molecule has 1 aromatic rings. The molecule has 1 unspecified atom stereocenters. The molecule has 1 heterocycles. The second kappa shape index (κ2) is 9.42. The highest BCUT2D eigenvalue weighted by molar-refractivity contribution is 6.31. The summed E-state index contributed by atoms with van der Waals surface area (Å²) in [6.07, 6.45) is -0.142. The smallest absolute Gasteiger partial charge is 0.415 e. The van der Waals surface area contributed by atoms with E-state index in [-0.39, 0.29) is 18.0 Å². The van der Waals surface area contributed by atoms with Crippen molar-refractivity contribution >= 4 is 35.4 Å². The second-order valence-corrected chi connectivity index (χ2v) is 8.15. The molecular weight excluding hydrogens is 416 g/mol. The van der Waals surface area contributed by atoms with Crippen LogP contribution in [0.1, 0.15) is 40.5 Å². The number of nitrogens with one attached hydrogen (secondary N) is 1. The SMILES string of the molecule is CCCCOC(=O)NC1(C(=O)OC)CN(C(=O)OC(C)(C)C)c2cc(Cl)ccc2O1. The van der Waals surface area contributed by atoms with E-state index >= 15 is 0 Å².